The quantitative estimate of drug-likeness (QED) is 0.852. The first-order valence-electron chi connectivity index (χ1n) is 7.47. The Labute approximate surface area is 120 Å². The van der Waals surface area contributed by atoms with E-state index in [-0.39, 0.29) is 0 Å². The summed E-state index contributed by atoms with van der Waals surface area (Å²) >= 11 is 0. The van der Waals surface area contributed by atoms with Crippen LogP contribution in [0.5, 0.6) is 0 Å². The molecule has 1 fully saturated rings. The van der Waals surface area contributed by atoms with Crippen LogP contribution in [0.3, 0.4) is 0 Å². The highest BCUT2D eigenvalue weighted by Gasteiger charge is 2.20. The molecule has 1 aliphatic heterocycles. The molecule has 0 N–H and O–H groups in total. The highest BCUT2D eigenvalue weighted by Crippen LogP contribution is 2.23. The van der Waals surface area contributed by atoms with Gasteiger partial charge in [-0.25, -0.2) is 0 Å². The van der Waals surface area contributed by atoms with Crippen molar-refractivity contribution in [3.05, 3.63) is 53.4 Å². The van der Waals surface area contributed by atoms with Crippen molar-refractivity contribution in [1.82, 2.24) is 10.1 Å². The van der Waals surface area contributed by atoms with Crippen LogP contribution in [0.2, 0.25) is 0 Å². The first kappa shape index (κ1) is 13.4. The number of aryl methyl sites for hydroxylation is 1. The maximum atomic E-state index is 5.13. The number of rotatable bonds is 4. The Hall–Kier alpha value is -1.61. The topological polar surface area (TPSA) is 29.3 Å². The molecule has 106 valence electrons. The third-order valence-electron chi connectivity index (χ3n) is 4.32. The van der Waals surface area contributed by atoms with E-state index in [2.05, 4.69) is 40.4 Å². The van der Waals surface area contributed by atoms with Gasteiger partial charge in [0.15, 0.2) is 0 Å². The Bertz CT molecular complexity index is 527. The molecule has 3 nitrogen and oxygen atoms in total. The predicted molar refractivity (Wildman–Crippen MR) is 79.4 cm³/mol. The third-order valence-corrected chi connectivity index (χ3v) is 4.32. The van der Waals surface area contributed by atoms with Gasteiger partial charge in [-0.2, -0.15) is 0 Å². The van der Waals surface area contributed by atoms with Crippen LogP contribution in [0.1, 0.15) is 29.7 Å². The molecule has 0 atom stereocenters. The minimum absolute atomic E-state index is 0.831. The van der Waals surface area contributed by atoms with Crippen molar-refractivity contribution >= 4 is 0 Å². The summed E-state index contributed by atoms with van der Waals surface area (Å²) in [6, 6.07) is 10.9. The van der Waals surface area contributed by atoms with Crippen LogP contribution >= 0.6 is 0 Å². The van der Waals surface area contributed by atoms with Gasteiger partial charge in [0.1, 0.15) is 5.76 Å². The molecule has 0 saturated carbocycles. The zero-order valence-electron chi connectivity index (χ0n) is 12.1. The molecular formula is C17H22N2O. The minimum Gasteiger partial charge on any atom is -0.361 e. The second kappa shape index (κ2) is 6.23. The number of piperidine rings is 1. The second-order valence-electron chi connectivity index (χ2n) is 5.82. The van der Waals surface area contributed by atoms with Crippen molar-refractivity contribution in [2.75, 3.05) is 13.1 Å². The molecule has 2 heterocycles. The number of likely N-dealkylation sites (tertiary alicyclic amines) is 1. The van der Waals surface area contributed by atoms with Gasteiger partial charge in [0.25, 0.3) is 0 Å². The molecular weight excluding hydrogens is 248 g/mol. The Kier molecular flexibility index (Phi) is 4.16. The Morgan fingerprint density at radius 1 is 1.20 bits per heavy atom. The van der Waals surface area contributed by atoms with Gasteiger partial charge in [-0.3, -0.25) is 4.90 Å². The fraction of sp³-hybridized carbons (Fsp3) is 0.471. The summed E-state index contributed by atoms with van der Waals surface area (Å²) < 4.78 is 5.13. The van der Waals surface area contributed by atoms with Gasteiger partial charge in [0.05, 0.1) is 6.20 Å². The summed E-state index contributed by atoms with van der Waals surface area (Å²) in [5, 5.41) is 3.86. The van der Waals surface area contributed by atoms with Crippen LogP contribution in [-0.2, 0) is 13.0 Å². The van der Waals surface area contributed by atoms with Crippen molar-refractivity contribution in [3.63, 3.8) is 0 Å². The summed E-state index contributed by atoms with van der Waals surface area (Å²) in [7, 11) is 0. The van der Waals surface area contributed by atoms with Gasteiger partial charge in [0, 0.05) is 12.1 Å². The van der Waals surface area contributed by atoms with Crippen molar-refractivity contribution in [2.24, 2.45) is 5.92 Å². The molecule has 0 spiro atoms. The first-order chi connectivity index (χ1) is 9.81. The monoisotopic (exact) mass is 270 g/mol. The van der Waals surface area contributed by atoms with E-state index in [0.717, 1.165) is 18.2 Å². The van der Waals surface area contributed by atoms with Crippen molar-refractivity contribution in [2.45, 2.75) is 32.7 Å². The highest BCUT2D eigenvalue weighted by atomic mass is 16.5. The van der Waals surface area contributed by atoms with Gasteiger partial charge in [-0.05, 0) is 50.8 Å². The molecule has 0 radical (unpaired) electrons. The normalized spacial score (nSPS) is 17.4. The van der Waals surface area contributed by atoms with Crippen LogP contribution in [-0.4, -0.2) is 23.1 Å². The largest absolute Gasteiger partial charge is 0.361 e. The zero-order chi connectivity index (χ0) is 13.8. The molecule has 0 amide bonds. The van der Waals surface area contributed by atoms with Gasteiger partial charge >= 0.3 is 0 Å². The fourth-order valence-electron chi connectivity index (χ4n) is 3.01. The van der Waals surface area contributed by atoms with E-state index in [4.69, 9.17) is 4.52 Å². The smallest absolute Gasteiger partial charge is 0.138 e. The number of hydrogen-bond acceptors (Lipinski definition) is 3. The Balaban J connectivity index is 1.49. The van der Waals surface area contributed by atoms with Crippen LogP contribution in [0, 0.1) is 12.8 Å². The molecule has 0 bridgehead atoms. The van der Waals surface area contributed by atoms with E-state index >= 15 is 0 Å². The van der Waals surface area contributed by atoms with Crippen molar-refractivity contribution in [3.8, 4) is 0 Å². The van der Waals surface area contributed by atoms with Crippen LogP contribution in [0.15, 0.2) is 41.1 Å². The molecule has 3 heteroatoms. The van der Waals surface area contributed by atoms with E-state index in [0.29, 0.717) is 0 Å². The van der Waals surface area contributed by atoms with Gasteiger partial charge < -0.3 is 4.52 Å². The lowest BCUT2D eigenvalue weighted by molar-refractivity contribution is 0.176. The lowest BCUT2D eigenvalue weighted by Crippen LogP contribution is -2.33. The summed E-state index contributed by atoms with van der Waals surface area (Å²) in [5.74, 6) is 1.79. The number of nitrogens with zero attached hydrogens (tertiary/aromatic N) is 2. The average Bonchev–Trinajstić information content (AvgIpc) is 2.88. The van der Waals surface area contributed by atoms with Crippen LogP contribution in [0.25, 0.3) is 0 Å². The molecule has 2 aromatic rings. The SMILES string of the molecule is Cc1oncc1CN1CCC(Cc2ccccc2)CC1. The molecule has 1 saturated heterocycles. The maximum absolute atomic E-state index is 5.13. The Morgan fingerprint density at radius 3 is 2.60 bits per heavy atom. The molecule has 0 aliphatic carbocycles. The van der Waals surface area contributed by atoms with E-state index in [9.17, 15) is 0 Å². The van der Waals surface area contributed by atoms with E-state index in [1.54, 1.807) is 0 Å². The lowest BCUT2D eigenvalue weighted by atomic mass is 9.90. The van der Waals surface area contributed by atoms with Gasteiger partial charge in [-0.15, -0.1) is 0 Å². The minimum atomic E-state index is 0.831. The van der Waals surface area contributed by atoms with Crippen molar-refractivity contribution in [1.29, 1.82) is 0 Å². The second-order valence-corrected chi connectivity index (χ2v) is 5.82. The summed E-state index contributed by atoms with van der Waals surface area (Å²) in [4.78, 5) is 2.51. The Morgan fingerprint density at radius 2 is 1.95 bits per heavy atom. The zero-order valence-corrected chi connectivity index (χ0v) is 12.1. The highest BCUT2D eigenvalue weighted by molar-refractivity contribution is 5.15. The summed E-state index contributed by atoms with van der Waals surface area (Å²) in [6.45, 7) is 5.34. The third kappa shape index (κ3) is 3.28. The van der Waals surface area contributed by atoms with Crippen LogP contribution < -0.4 is 0 Å². The molecule has 20 heavy (non-hydrogen) atoms. The summed E-state index contributed by atoms with van der Waals surface area (Å²) in [5.41, 5.74) is 2.70. The molecule has 1 aromatic carbocycles. The average molecular weight is 270 g/mol. The fourth-order valence-corrected chi connectivity index (χ4v) is 3.01. The number of hydrogen-bond donors (Lipinski definition) is 0. The molecule has 1 aromatic heterocycles. The molecule has 3 rings (SSSR count). The standard InChI is InChI=1S/C17H22N2O/c1-14-17(12-18-20-14)13-19-9-7-16(8-10-19)11-15-5-3-2-4-6-15/h2-6,12,16H,7-11,13H2,1H3. The molecule has 0 unspecified atom stereocenters. The lowest BCUT2D eigenvalue weighted by Gasteiger charge is -2.31. The van der Waals surface area contributed by atoms with Gasteiger partial charge in [0.2, 0.25) is 0 Å². The molecule has 1 aliphatic rings. The first-order valence-corrected chi connectivity index (χ1v) is 7.47. The van der Waals surface area contributed by atoms with E-state index in [1.807, 2.05) is 13.1 Å². The maximum Gasteiger partial charge on any atom is 0.138 e. The predicted octanol–water partition coefficient (Wildman–Crippen LogP) is 3.44. The van der Waals surface area contributed by atoms with Crippen molar-refractivity contribution < 1.29 is 4.52 Å². The van der Waals surface area contributed by atoms with Crippen LogP contribution in [0.4, 0.5) is 0 Å². The summed E-state index contributed by atoms with van der Waals surface area (Å²) in [6.07, 6.45) is 5.66. The number of aromatic nitrogens is 1. The van der Waals surface area contributed by atoms with E-state index < -0.39 is 0 Å². The van der Waals surface area contributed by atoms with Gasteiger partial charge in [-0.1, -0.05) is 35.5 Å². The number of benzene rings is 1. The van der Waals surface area contributed by atoms with E-state index in [1.165, 1.54) is 43.5 Å².